The topological polar surface area (TPSA) is 69.6 Å². The summed E-state index contributed by atoms with van der Waals surface area (Å²) in [5.74, 6) is 3.77. The fraction of sp³-hybridized carbons (Fsp3) is 0.923. The van der Waals surface area contributed by atoms with E-state index in [0.29, 0.717) is 6.54 Å². The van der Waals surface area contributed by atoms with Gasteiger partial charge in [0, 0.05) is 6.42 Å². The zero-order valence-corrected chi connectivity index (χ0v) is 10.8. The summed E-state index contributed by atoms with van der Waals surface area (Å²) in [4.78, 5) is 0. The summed E-state index contributed by atoms with van der Waals surface area (Å²) < 4.78 is 2.16. The van der Waals surface area contributed by atoms with Gasteiger partial charge in [-0.3, -0.25) is 0 Å². The molecule has 4 bridgehead atoms. The molecule has 1 heterocycles. The van der Waals surface area contributed by atoms with Crippen LogP contribution in [0.5, 0.6) is 0 Å². The van der Waals surface area contributed by atoms with Crippen LogP contribution in [0, 0.1) is 17.8 Å². The van der Waals surface area contributed by atoms with E-state index in [1.807, 2.05) is 0 Å². The first-order valence-electron chi connectivity index (χ1n) is 7.27. The van der Waals surface area contributed by atoms with Crippen LogP contribution < -0.4 is 5.73 Å². The van der Waals surface area contributed by atoms with Gasteiger partial charge in [-0.1, -0.05) is 0 Å². The maximum atomic E-state index is 5.67. The summed E-state index contributed by atoms with van der Waals surface area (Å²) >= 11 is 0. The maximum absolute atomic E-state index is 5.67. The third kappa shape index (κ3) is 1.46. The van der Waals surface area contributed by atoms with Crippen LogP contribution in [-0.2, 0) is 12.0 Å². The number of tetrazole rings is 1. The molecule has 4 saturated carbocycles. The van der Waals surface area contributed by atoms with Gasteiger partial charge in [0.1, 0.15) is 0 Å². The summed E-state index contributed by atoms with van der Waals surface area (Å²) in [7, 11) is 0. The number of aromatic nitrogens is 4. The molecule has 4 aliphatic carbocycles. The number of nitrogens with two attached hydrogens (primary N) is 1. The minimum atomic E-state index is 0.239. The third-order valence-corrected chi connectivity index (χ3v) is 5.36. The van der Waals surface area contributed by atoms with E-state index in [0.717, 1.165) is 30.0 Å². The van der Waals surface area contributed by atoms with Gasteiger partial charge in [0.05, 0.1) is 5.54 Å². The molecule has 0 aliphatic heterocycles. The van der Waals surface area contributed by atoms with Crippen molar-refractivity contribution in [1.29, 1.82) is 0 Å². The highest BCUT2D eigenvalue weighted by atomic mass is 15.6. The second-order valence-electron chi connectivity index (χ2n) is 6.69. The summed E-state index contributed by atoms with van der Waals surface area (Å²) in [6.07, 6.45) is 9.04. The maximum Gasteiger partial charge on any atom is 0.153 e. The van der Waals surface area contributed by atoms with Gasteiger partial charge in [0.2, 0.25) is 0 Å². The van der Waals surface area contributed by atoms with E-state index in [4.69, 9.17) is 5.73 Å². The summed E-state index contributed by atoms with van der Waals surface area (Å²) in [5.41, 5.74) is 5.91. The number of hydrogen-bond donors (Lipinski definition) is 1. The normalized spacial score (nSPS) is 41.5. The van der Waals surface area contributed by atoms with Gasteiger partial charge >= 0.3 is 0 Å². The van der Waals surface area contributed by atoms with Crippen molar-refractivity contribution < 1.29 is 0 Å². The Bertz CT molecular complexity index is 417. The molecular formula is C13H21N5. The molecule has 0 amide bonds. The molecule has 0 radical (unpaired) electrons. The van der Waals surface area contributed by atoms with Gasteiger partial charge in [-0.05, 0) is 73.3 Å². The van der Waals surface area contributed by atoms with Gasteiger partial charge in [0.15, 0.2) is 5.82 Å². The van der Waals surface area contributed by atoms with Crippen LogP contribution in [0.3, 0.4) is 0 Å². The summed E-state index contributed by atoms with van der Waals surface area (Å²) in [6.45, 7) is 0.632. The third-order valence-electron chi connectivity index (χ3n) is 5.36. The molecule has 2 N–H and O–H groups in total. The van der Waals surface area contributed by atoms with E-state index in [1.54, 1.807) is 0 Å². The van der Waals surface area contributed by atoms with E-state index in [1.165, 1.54) is 38.5 Å². The van der Waals surface area contributed by atoms with E-state index < -0.39 is 0 Å². The van der Waals surface area contributed by atoms with Gasteiger partial charge in [0.25, 0.3) is 0 Å². The predicted molar refractivity (Wildman–Crippen MR) is 66.7 cm³/mol. The molecule has 5 nitrogen and oxygen atoms in total. The van der Waals surface area contributed by atoms with Crippen molar-refractivity contribution in [1.82, 2.24) is 20.2 Å². The Labute approximate surface area is 107 Å². The van der Waals surface area contributed by atoms with Gasteiger partial charge < -0.3 is 5.73 Å². The fourth-order valence-electron chi connectivity index (χ4n) is 5.18. The first kappa shape index (κ1) is 10.9. The lowest BCUT2D eigenvalue weighted by Crippen LogP contribution is -2.52. The standard InChI is InChI=1S/C13H21N5/c14-2-1-12-15-16-17-18(12)13-6-9-3-10(7-13)5-11(4-9)8-13/h9-11H,1-8,14H2. The lowest BCUT2D eigenvalue weighted by Gasteiger charge is -2.56. The molecule has 5 heteroatoms. The van der Waals surface area contributed by atoms with Crippen LogP contribution in [0.2, 0.25) is 0 Å². The molecule has 1 aromatic rings. The van der Waals surface area contributed by atoms with Gasteiger partial charge in [-0.2, -0.15) is 0 Å². The van der Waals surface area contributed by atoms with Crippen molar-refractivity contribution in [3.05, 3.63) is 5.82 Å². The van der Waals surface area contributed by atoms with Gasteiger partial charge in [-0.25, -0.2) is 4.68 Å². The molecule has 18 heavy (non-hydrogen) atoms. The molecule has 0 unspecified atom stereocenters. The number of hydrogen-bond acceptors (Lipinski definition) is 4. The van der Waals surface area contributed by atoms with Crippen molar-refractivity contribution in [3.63, 3.8) is 0 Å². The Morgan fingerprint density at radius 3 is 2.28 bits per heavy atom. The van der Waals surface area contributed by atoms with Crippen LogP contribution in [0.1, 0.15) is 44.3 Å². The monoisotopic (exact) mass is 247 g/mol. The SMILES string of the molecule is NCCc1nnnn1C12CC3CC(CC(C3)C1)C2. The summed E-state index contributed by atoms with van der Waals surface area (Å²) in [6, 6.07) is 0. The predicted octanol–water partition coefficient (Wildman–Crippen LogP) is 1.10. The number of nitrogens with zero attached hydrogens (tertiary/aromatic N) is 4. The molecule has 98 valence electrons. The zero-order chi connectivity index (χ0) is 12.2. The molecule has 0 spiro atoms. The minimum Gasteiger partial charge on any atom is -0.330 e. The minimum absolute atomic E-state index is 0.239. The largest absolute Gasteiger partial charge is 0.330 e. The molecule has 4 fully saturated rings. The Morgan fingerprint density at radius 1 is 1.11 bits per heavy atom. The Hall–Kier alpha value is -0.970. The van der Waals surface area contributed by atoms with Crippen LogP contribution in [0.4, 0.5) is 0 Å². The smallest absolute Gasteiger partial charge is 0.153 e. The molecule has 4 aliphatic rings. The van der Waals surface area contributed by atoms with Crippen molar-refractivity contribution in [2.75, 3.05) is 6.54 Å². The fourth-order valence-corrected chi connectivity index (χ4v) is 5.18. The first-order chi connectivity index (χ1) is 8.79. The van der Waals surface area contributed by atoms with Gasteiger partial charge in [-0.15, -0.1) is 5.10 Å². The highest BCUT2D eigenvalue weighted by Crippen LogP contribution is 2.58. The van der Waals surface area contributed by atoms with E-state index in [2.05, 4.69) is 20.2 Å². The van der Waals surface area contributed by atoms with Crippen LogP contribution in [-0.4, -0.2) is 26.8 Å². The Morgan fingerprint density at radius 2 is 1.72 bits per heavy atom. The Balaban J connectivity index is 1.72. The van der Waals surface area contributed by atoms with Crippen LogP contribution in [0.25, 0.3) is 0 Å². The van der Waals surface area contributed by atoms with Crippen LogP contribution in [0.15, 0.2) is 0 Å². The molecular weight excluding hydrogens is 226 g/mol. The highest BCUT2D eigenvalue weighted by molar-refractivity contribution is 5.06. The van der Waals surface area contributed by atoms with E-state index in [9.17, 15) is 0 Å². The van der Waals surface area contributed by atoms with Crippen LogP contribution >= 0.6 is 0 Å². The Kier molecular flexibility index (Phi) is 2.28. The second-order valence-corrected chi connectivity index (χ2v) is 6.69. The highest BCUT2D eigenvalue weighted by Gasteiger charge is 2.53. The van der Waals surface area contributed by atoms with Crippen molar-refractivity contribution >= 4 is 0 Å². The quantitative estimate of drug-likeness (QED) is 0.868. The van der Waals surface area contributed by atoms with Crippen molar-refractivity contribution in [2.24, 2.45) is 23.5 Å². The first-order valence-corrected chi connectivity index (χ1v) is 7.27. The summed E-state index contributed by atoms with van der Waals surface area (Å²) in [5, 5.41) is 12.4. The lowest BCUT2D eigenvalue weighted by molar-refractivity contribution is -0.0516. The molecule has 1 aromatic heterocycles. The van der Waals surface area contributed by atoms with E-state index >= 15 is 0 Å². The van der Waals surface area contributed by atoms with Crippen molar-refractivity contribution in [3.8, 4) is 0 Å². The second kappa shape index (κ2) is 3.76. The zero-order valence-electron chi connectivity index (χ0n) is 10.8. The average Bonchev–Trinajstić information content (AvgIpc) is 2.76. The molecule has 0 aromatic carbocycles. The molecule has 5 rings (SSSR count). The number of rotatable bonds is 3. The molecule has 0 atom stereocenters. The lowest BCUT2D eigenvalue weighted by atomic mass is 9.53. The van der Waals surface area contributed by atoms with Crippen molar-refractivity contribution in [2.45, 2.75) is 50.5 Å². The molecule has 0 saturated heterocycles. The average molecular weight is 247 g/mol. The van der Waals surface area contributed by atoms with E-state index in [-0.39, 0.29) is 5.54 Å².